The molecule has 0 fully saturated rings. The maximum absolute atomic E-state index is 11.8. The normalized spacial score (nSPS) is 11.2. The zero-order valence-electron chi connectivity index (χ0n) is 11.6. The highest BCUT2D eigenvalue weighted by Crippen LogP contribution is 2.23. The van der Waals surface area contributed by atoms with Crippen molar-refractivity contribution in [2.75, 3.05) is 23.7 Å². The molecule has 106 valence electrons. The number of carbonyl (C=O) groups excluding carboxylic acids is 1. The Morgan fingerprint density at radius 1 is 1.32 bits per heavy atom. The number of benzene rings is 1. The first-order chi connectivity index (χ1) is 8.75. The van der Waals surface area contributed by atoms with Crippen LogP contribution in [-0.4, -0.2) is 33.8 Å². The van der Waals surface area contributed by atoms with Gasteiger partial charge in [-0.1, -0.05) is 17.7 Å². The van der Waals surface area contributed by atoms with Crippen LogP contribution < -0.4 is 4.31 Å². The summed E-state index contributed by atoms with van der Waals surface area (Å²) in [4.78, 5) is 11.5. The van der Waals surface area contributed by atoms with Crippen molar-refractivity contribution in [3.8, 4) is 0 Å². The predicted molar refractivity (Wildman–Crippen MR) is 74.7 cm³/mol. The van der Waals surface area contributed by atoms with Crippen molar-refractivity contribution in [2.45, 2.75) is 20.8 Å². The number of sulfonamides is 1. The molecule has 1 rings (SSSR count). The SMILES string of the molecule is CCOC(=O)CN(c1ccc(C)cc1C)S(C)(=O)=O. The smallest absolute Gasteiger partial charge is 0.326 e. The van der Waals surface area contributed by atoms with Crippen molar-refractivity contribution in [1.29, 1.82) is 0 Å². The second-order valence-corrected chi connectivity index (χ2v) is 6.27. The molecule has 0 bridgehead atoms. The van der Waals surface area contributed by atoms with Gasteiger partial charge in [-0.05, 0) is 32.4 Å². The molecule has 0 atom stereocenters. The van der Waals surface area contributed by atoms with E-state index in [-0.39, 0.29) is 13.2 Å². The largest absolute Gasteiger partial charge is 0.465 e. The number of nitrogens with zero attached hydrogens (tertiary/aromatic N) is 1. The third kappa shape index (κ3) is 4.24. The lowest BCUT2D eigenvalue weighted by molar-refractivity contribution is -0.141. The summed E-state index contributed by atoms with van der Waals surface area (Å²) in [6.07, 6.45) is 1.07. The average Bonchev–Trinajstić information content (AvgIpc) is 2.25. The zero-order valence-corrected chi connectivity index (χ0v) is 12.5. The van der Waals surface area contributed by atoms with Crippen LogP contribution in [-0.2, 0) is 19.6 Å². The fraction of sp³-hybridized carbons (Fsp3) is 0.462. The number of aryl methyl sites for hydroxylation is 2. The summed E-state index contributed by atoms with van der Waals surface area (Å²) in [5, 5.41) is 0. The van der Waals surface area contributed by atoms with Crippen molar-refractivity contribution < 1.29 is 17.9 Å². The van der Waals surface area contributed by atoms with Crippen LogP contribution in [0.1, 0.15) is 18.1 Å². The van der Waals surface area contributed by atoms with Gasteiger partial charge in [-0.3, -0.25) is 9.10 Å². The molecule has 6 heteroatoms. The topological polar surface area (TPSA) is 63.7 Å². The summed E-state index contributed by atoms with van der Waals surface area (Å²) in [6, 6.07) is 5.38. The summed E-state index contributed by atoms with van der Waals surface area (Å²) in [7, 11) is -3.53. The van der Waals surface area contributed by atoms with Crippen LogP contribution in [0.25, 0.3) is 0 Å². The van der Waals surface area contributed by atoms with E-state index in [0.717, 1.165) is 21.7 Å². The molecule has 1 aromatic carbocycles. The van der Waals surface area contributed by atoms with Crippen LogP contribution >= 0.6 is 0 Å². The summed E-state index contributed by atoms with van der Waals surface area (Å²) in [5.74, 6) is -0.562. The molecule has 0 unspecified atom stereocenters. The van der Waals surface area contributed by atoms with E-state index >= 15 is 0 Å². The Kier molecular flexibility index (Phi) is 4.94. The lowest BCUT2D eigenvalue weighted by Gasteiger charge is -2.23. The molecule has 0 spiro atoms. The molecule has 5 nitrogen and oxygen atoms in total. The van der Waals surface area contributed by atoms with Crippen molar-refractivity contribution in [2.24, 2.45) is 0 Å². The van der Waals surface area contributed by atoms with Crippen molar-refractivity contribution in [3.05, 3.63) is 29.3 Å². The second kappa shape index (κ2) is 6.06. The summed E-state index contributed by atoms with van der Waals surface area (Å²) in [6.45, 7) is 5.33. The van der Waals surface area contributed by atoms with Gasteiger partial charge in [0.25, 0.3) is 0 Å². The molecule has 0 saturated heterocycles. The highest BCUT2D eigenvalue weighted by atomic mass is 32.2. The number of rotatable bonds is 5. The van der Waals surface area contributed by atoms with Crippen LogP contribution in [0.5, 0.6) is 0 Å². The molecule has 0 radical (unpaired) electrons. The summed E-state index contributed by atoms with van der Waals surface area (Å²) < 4.78 is 29.5. The summed E-state index contributed by atoms with van der Waals surface area (Å²) >= 11 is 0. The van der Waals surface area contributed by atoms with Gasteiger partial charge in [0, 0.05) is 0 Å². The van der Waals surface area contributed by atoms with Gasteiger partial charge in [0.2, 0.25) is 10.0 Å². The van der Waals surface area contributed by atoms with Crippen LogP contribution in [0, 0.1) is 13.8 Å². The lowest BCUT2D eigenvalue weighted by Crippen LogP contribution is -2.36. The third-order valence-corrected chi connectivity index (χ3v) is 3.73. The van der Waals surface area contributed by atoms with Gasteiger partial charge in [0.05, 0.1) is 18.6 Å². The van der Waals surface area contributed by atoms with E-state index in [1.807, 2.05) is 26.0 Å². The zero-order chi connectivity index (χ0) is 14.6. The Morgan fingerprint density at radius 2 is 1.95 bits per heavy atom. The average molecular weight is 285 g/mol. The van der Waals surface area contributed by atoms with Gasteiger partial charge in [-0.25, -0.2) is 8.42 Å². The molecule has 0 saturated carbocycles. The van der Waals surface area contributed by atoms with E-state index in [1.54, 1.807) is 13.0 Å². The number of hydrogen-bond acceptors (Lipinski definition) is 4. The molecule has 0 N–H and O–H groups in total. The first-order valence-electron chi connectivity index (χ1n) is 5.96. The van der Waals surface area contributed by atoms with Gasteiger partial charge in [-0.15, -0.1) is 0 Å². The van der Waals surface area contributed by atoms with Crippen LogP contribution in [0.2, 0.25) is 0 Å². The minimum atomic E-state index is -3.53. The van der Waals surface area contributed by atoms with Crippen molar-refractivity contribution in [3.63, 3.8) is 0 Å². The number of hydrogen-bond donors (Lipinski definition) is 0. The second-order valence-electron chi connectivity index (χ2n) is 4.36. The van der Waals surface area contributed by atoms with Crippen LogP contribution in [0.3, 0.4) is 0 Å². The molecule has 0 aliphatic heterocycles. The van der Waals surface area contributed by atoms with E-state index in [1.165, 1.54) is 0 Å². The fourth-order valence-corrected chi connectivity index (χ4v) is 2.69. The molecular formula is C13H19NO4S. The number of anilines is 1. The van der Waals surface area contributed by atoms with Gasteiger partial charge in [0.1, 0.15) is 6.54 Å². The third-order valence-electron chi connectivity index (χ3n) is 2.60. The Balaban J connectivity index is 3.14. The van der Waals surface area contributed by atoms with E-state index in [9.17, 15) is 13.2 Å². The molecule has 0 heterocycles. The Bertz CT molecular complexity index is 566. The van der Waals surface area contributed by atoms with Crippen LogP contribution in [0.4, 0.5) is 5.69 Å². The first kappa shape index (κ1) is 15.5. The van der Waals surface area contributed by atoms with Crippen molar-refractivity contribution in [1.82, 2.24) is 0 Å². The number of esters is 1. The number of ether oxygens (including phenoxy) is 1. The Labute approximate surface area is 114 Å². The molecule has 0 amide bonds. The monoisotopic (exact) mass is 285 g/mol. The molecular weight excluding hydrogens is 266 g/mol. The van der Waals surface area contributed by atoms with E-state index in [0.29, 0.717) is 5.69 Å². The standard InChI is InChI=1S/C13H19NO4S/c1-5-18-13(15)9-14(19(4,16)17)12-7-6-10(2)8-11(12)3/h6-8H,5,9H2,1-4H3. The maximum atomic E-state index is 11.8. The Hall–Kier alpha value is -1.56. The highest BCUT2D eigenvalue weighted by molar-refractivity contribution is 7.92. The first-order valence-corrected chi connectivity index (χ1v) is 7.81. The molecule has 0 aliphatic carbocycles. The van der Waals surface area contributed by atoms with Crippen molar-refractivity contribution >= 4 is 21.7 Å². The van der Waals surface area contributed by atoms with E-state index < -0.39 is 16.0 Å². The minimum absolute atomic E-state index is 0.226. The molecule has 19 heavy (non-hydrogen) atoms. The van der Waals surface area contributed by atoms with Gasteiger partial charge >= 0.3 is 5.97 Å². The Morgan fingerprint density at radius 3 is 2.42 bits per heavy atom. The van der Waals surface area contributed by atoms with Gasteiger partial charge in [-0.2, -0.15) is 0 Å². The lowest BCUT2D eigenvalue weighted by atomic mass is 10.1. The van der Waals surface area contributed by atoms with Gasteiger partial charge in [0.15, 0.2) is 0 Å². The molecule has 0 aromatic heterocycles. The fourth-order valence-electron chi connectivity index (χ4n) is 1.79. The van der Waals surface area contributed by atoms with Crippen LogP contribution in [0.15, 0.2) is 18.2 Å². The predicted octanol–water partition coefficient (Wildman–Crippen LogP) is 1.63. The van der Waals surface area contributed by atoms with Gasteiger partial charge < -0.3 is 4.74 Å². The van der Waals surface area contributed by atoms with E-state index in [2.05, 4.69) is 0 Å². The number of carbonyl (C=O) groups is 1. The van der Waals surface area contributed by atoms with E-state index in [4.69, 9.17) is 4.74 Å². The summed E-state index contributed by atoms with van der Waals surface area (Å²) in [5.41, 5.74) is 2.33. The molecule has 1 aromatic rings. The highest BCUT2D eigenvalue weighted by Gasteiger charge is 2.22. The minimum Gasteiger partial charge on any atom is -0.465 e. The quantitative estimate of drug-likeness (QED) is 0.771. The maximum Gasteiger partial charge on any atom is 0.326 e. The molecule has 0 aliphatic rings.